The van der Waals surface area contributed by atoms with Crippen LogP contribution in [0.1, 0.15) is 24.8 Å². The molecule has 0 amide bonds. The number of hydrogen-bond acceptors (Lipinski definition) is 6. The standard InChI is InChI=1S/C26H21N5O2/c27-15-20-22(17-6-8-19(9-7-17)31-11-2-1-3-12-31)23-25(21-5-4-13-33-21)29-30-26(23)28-24(20)18-10-14-32-16-18/h4-10,13-14,16H,1-3,11-12H2,(H,28,29,30). The predicted octanol–water partition coefficient (Wildman–Crippen LogP) is 6.01. The summed E-state index contributed by atoms with van der Waals surface area (Å²) in [4.78, 5) is 7.14. The molecule has 1 aliphatic heterocycles. The first-order chi connectivity index (χ1) is 16.3. The van der Waals surface area contributed by atoms with Crippen molar-refractivity contribution in [3.63, 3.8) is 0 Å². The van der Waals surface area contributed by atoms with Crippen LogP contribution in [0.5, 0.6) is 0 Å². The van der Waals surface area contributed by atoms with Gasteiger partial charge in [0.15, 0.2) is 11.4 Å². The van der Waals surface area contributed by atoms with Crippen LogP contribution >= 0.6 is 0 Å². The fraction of sp³-hybridized carbons (Fsp3) is 0.192. The lowest BCUT2D eigenvalue weighted by Gasteiger charge is -2.29. The van der Waals surface area contributed by atoms with Crippen molar-refractivity contribution in [2.45, 2.75) is 19.3 Å². The van der Waals surface area contributed by atoms with Gasteiger partial charge in [0.25, 0.3) is 0 Å². The number of aromatic nitrogens is 3. The minimum absolute atomic E-state index is 0.476. The van der Waals surface area contributed by atoms with Gasteiger partial charge in [0.1, 0.15) is 11.8 Å². The number of nitrogens with one attached hydrogen (secondary N) is 1. The van der Waals surface area contributed by atoms with Crippen LogP contribution in [0.2, 0.25) is 0 Å². The molecule has 0 unspecified atom stereocenters. The van der Waals surface area contributed by atoms with E-state index in [0.29, 0.717) is 28.4 Å². The van der Waals surface area contributed by atoms with Gasteiger partial charge in [-0.3, -0.25) is 5.10 Å². The largest absolute Gasteiger partial charge is 0.472 e. The molecule has 1 aliphatic rings. The number of hydrogen-bond donors (Lipinski definition) is 1. The number of pyridine rings is 1. The van der Waals surface area contributed by atoms with Crippen molar-refractivity contribution in [1.29, 1.82) is 5.26 Å². The predicted molar refractivity (Wildman–Crippen MR) is 126 cm³/mol. The first kappa shape index (κ1) is 19.4. The second kappa shape index (κ2) is 7.99. The molecule has 0 spiro atoms. The average Bonchev–Trinajstić information content (AvgIpc) is 3.65. The van der Waals surface area contributed by atoms with Crippen molar-refractivity contribution in [2.75, 3.05) is 18.0 Å². The molecule has 0 atom stereocenters. The van der Waals surface area contributed by atoms with Crippen LogP contribution in [-0.4, -0.2) is 28.3 Å². The summed E-state index contributed by atoms with van der Waals surface area (Å²) in [6, 6.07) is 16.3. The van der Waals surface area contributed by atoms with Gasteiger partial charge >= 0.3 is 0 Å². The van der Waals surface area contributed by atoms with Crippen molar-refractivity contribution < 1.29 is 8.83 Å². The molecule has 1 saturated heterocycles. The average molecular weight is 435 g/mol. The number of rotatable bonds is 4. The molecular formula is C26H21N5O2. The van der Waals surface area contributed by atoms with Gasteiger partial charge < -0.3 is 13.7 Å². The lowest BCUT2D eigenvalue weighted by atomic mass is 9.93. The molecule has 1 N–H and O–H groups in total. The topological polar surface area (TPSA) is 94.9 Å². The summed E-state index contributed by atoms with van der Waals surface area (Å²) in [5.74, 6) is 0.644. The zero-order valence-electron chi connectivity index (χ0n) is 17.9. The lowest BCUT2D eigenvalue weighted by molar-refractivity contribution is 0.568. The van der Waals surface area contributed by atoms with E-state index in [2.05, 4.69) is 45.4 Å². The Morgan fingerprint density at radius 3 is 2.52 bits per heavy atom. The van der Waals surface area contributed by atoms with Crippen LogP contribution in [0.25, 0.3) is 44.9 Å². The van der Waals surface area contributed by atoms with E-state index in [-0.39, 0.29) is 0 Å². The fourth-order valence-corrected chi connectivity index (χ4v) is 4.65. The van der Waals surface area contributed by atoms with E-state index in [0.717, 1.165) is 35.2 Å². The van der Waals surface area contributed by atoms with Crippen molar-refractivity contribution in [1.82, 2.24) is 15.2 Å². The zero-order valence-corrected chi connectivity index (χ0v) is 17.9. The summed E-state index contributed by atoms with van der Waals surface area (Å²) in [5, 5.41) is 18.5. The van der Waals surface area contributed by atoms with Gasteiger partial charge in [0.2, 0.25) is 0 Å². The van der Waals surface area contributed by atoms with Gasteiger partial charge in [-0.05, 0) is 55.2 Å². The molecule has 1 fully saturated rings. The molecule has 0 aliphatic carbocycles. The number of fused-ring (bicyclic) bond motifs is 1. The van der Waals surface area contributed by atoms with E-state index in [4.69, 9.17) is 13.8 Å². The van der Waals surface area contributed by atoms with Gasteiger partial charge in [0, 0.05) is 29.9 Å². The van der Waals surface area contributed by atoms with Crippen LogP contribution in [0, 0.1) is 11.3 Å². The van der Waals surface area contributed by atoms with E-state index in [1.165, 1.54) is 24.9 Å². The highest BCUT2D eigenvalue weighted by Gasteiger charge is 2.24. The Morgan fingerprint density at radius 2 is 1.82 bits per heavy atom. The van der Waals surface area contributed by atoms with Crippen molar-refractivity contribution in [3.05, 3.63) is 66.8 Å². The second-order valence-corrected chi connectivity index (χ2v) is 8.20. The second-order valence-electron chi connectivity index (χ2n) is 8.20. The fourth-order valence-electron chi connectivity index (χ4n) is 4.65. The molecule has 0 saturated carbocycles. The van der Waals surface area contributed by atoms with Crippen LogP contribution in [0.4, 0.5) is 5.69 Å². The van der Waals surface area contributed by atoms with Gasteiger partial charge in [-0.1, -0.05) is 12.1 Å². The minimum Gasteiger partial charge on any atom is -0.472 e. The first-order valence-corrected chi connectivity index (χ1v) is 11.1. The smallest absolute Gasteiger partial charge is 0.182 e. The third kappa shape index (κ3) is 3.28. The van der Waals surface area contributed by atoms with Gasteiger partial charge in [-0.25, -0.2) is 4.98 Å². The highest BCUT2D eigenvalue weighted by atomic mass is 16.3. The molecule has 33 heavy (non-hydrogen) atoms. The third-order valence-corrected chi connectivity index (χ3v) is 6.25. The molecule has 5 aromatic rings. The summed E-state index contributed by atoms with van der Waals surface area (Å²) < 4.78 is 10.9. The number of nitriles is 1. The summed E-state index contributed by atoms with van der Waals surface area (Å²) in [5.41, 5.74) is 5.90. The Morgan fingerprint density at radius 1 is 0.970 bits per heavy atom. The lowest BCUT2D eigenvalue weighted by Crippen LogP contribution is -2.29. The SMILES string of the molecule is N#Cc1c(-c2ccoc2)nc2n[nH]c(-c3ccco3)c2c1-c1ccc(N2CCCCC2)cc1. The highest BCUT2D eigenvalue weighted by molar-refractivity contribution is 6.05. The number of H-pyrrole nitrogens is 1. The van der Waals surface area contributed by atoms with Gasteiger partial charge in [-0.15, -0.1) is 0 Å². The van der Waals surface area contributed by atoms with E-state index >= 15 is 0 Å². The molecular weight excluding hydrogens is 414 g/mol. The van der Waals surface area contributed by atoms with Crippen molar-refractivity contribution in [3.8, 4) is 39.9 Å². The number of benzene rings is 1. The Labute approximate surface area is 190 Å². The molecule has 162 valence electrons. The van der Waals surface area contributed by atoms with Crippen LogP contribution < -0.4 is 4.90 Å². The molecule has 5 heterocycles. The van der Waals surface area contributed by atoms with Crippen LogP contribution in [0.3, 0.4) is 0 Å². The van der Waals surface area contributed by atoms with E-state index in [1.54, 1.807) is 24.9 Å². The molecule has 4 aromatic heterocycles. The maximum Gasteiger partial charge on any atom is 0.182 e. The Hall–Kier alpha value is -4.31. The monoisotopic (exact) mass is 435 g/mol. The molecule has 6 rings (SSSR count). The quantitative estimate of drug-likeness (QED) is 0.372. The number of nitrogens with zero attached hydrogens (tertiary/aromatic N) is 4. The summed E-state index contributed by atoms with van der Waals surface area (Å²) in [7, 11) is 0. The summed E-state index contributed by atoms with van der Waals surface area (Å²) >= 11 is 0. The van der Waals surface area contributed by atoms with Crippen molar-refractivity contribution >= 4 is 16.7 Å². The maximum absolute atomic E-state index is 10.3. The first-order valence-electron chi connectivity index (χ1n) is 11.1. The maximum atomic E-state index is 10.3. The highest BCUT2D eigenvalue weighted by Crippen LogP contribution is 2.41. The third-order valence-electron chi connectivity index (χ3n) is 6.25. The van der Waals surface area contributed by atoms with E-state index in [9.17, 15) is 5.26 Å². The van der Waals surface area contributed by atoms with Gasteiger partial charge in [-0.2, -0.15) is 10.4 Å². The normalized spacial score (nSPS) is 14.0. The number of aromatic amines is 1. The van der Waals surface area contributed by atoms with E-state index < -0.39 is 0 Å². The summed E-state index contributed by atoms with van der Waals surface area (Å²) in [6.07, 6.45) is 8.53. The Kier molecular flexibility index (Phi) is 4.69. The Bertz CT molecular complexity index is 1440. The number of piperidine rings is 1. The van der Waals surface area contributed by atoms with E-state index in [1.807, 2.05) is 12.1 Å². The van der Waals surface area contributed by atoms with Crippen LogP contribution in [0.15, 0.2) is 70.1 Å². The molecule has 7 nitrogen and oxygen atoms in total. The number of anilines is 1. The Balaban J connectivity index is 1.59. The minimum atomic E-state index is 0.476. The van der Waals surface area contributed by atoms with Crippen molar-refractivity contribution in [2.24, 2.45) is 0 Å². The molecule has 7 heteroatoms. The number of furan rings is 2. The zero-order chi connectivity index (χ0) is 22.2. The van der Waals surface area contributed by atoms with Crippen LogP contribution in [-0.2, 0) is 0 Å². The molecule has 0 bridgehead atoms. The summed E-state index contributed by atoms with van der Waals surface area (Å²) in [6.45, 7) is 2.16. The van der Waals surface area contributed by atoms with Gasteiger partial charge in [0.05, 0.1) is 35.4 Å². The molecule has 0 radical (unpaired) electrons. The molecule has 1 aromatic carbocycles.